The predicted octanol–water partition coefficient (Wildman–Crippen LogP) is 3.37. The molecule has 8 heteroatoms. The van der Waals surface area contributed by atoms with Gasteiger partial charge in [-0.25, -0.2) is 4.98 Å². The second-order valence-electron chi connectivity index (χ2n) is 5.16. The van der Waals surface area contributed by atoms with Crippen molar-refractivity contribution < 1.29 is 14.1 Å². The molecule has 0 fully saturated rings. The van der Waals surface area contributed by atoms with Gasteiger partial charge in [-0.05, 0) is 18.2 Å². The molecule has 0 saturated carbocycles. The molecule has 0 radical (unpaired) electrons. The zero-order valence-corrected chi connectivity index (χ0v) is 14.1. The van der Waals surface area contributed by atoms with E-state index in [9.17, 15) is 4.79 Å². The maximum absolute atomic E-state index is 12.3. The van der Waals surface area contributed by atoms with Crippen LogP contribution in [-0.2, 0) is 11.3 Å². The number of nitrogen functional groups attached to an aromatic ring is 1. The summed E-state index contributed by atoms with van der Waals surface area (Å²) in [5, 5.41) is 6.84. The molecule has 0 unspecified atom stereocenters. The molecule has 7 nitrogen and oxygen atoms in total. The molecule has 0 aliphatic rings. The van der Waals surface area contributed by atoms with E-state index < -0.39 is 5.91 Å². The SMILES string of the molecule is COCc1oncc1C(=O)Nc1ccc(-c2ccccc2Cl)c(N)n1. The van der Waals surface area contributed by atoms with Crippen LogP contribution in [0.2, 0.25) is 5.02 Å². The van der Waals surface area contributed by atoms with Gasteiger partial charge in [0.05, 0.1) is 6.20 Å². The number of ether oxygens (including phenoxy) is 1. The van der Waals surface area contributed by atoms with Crippen LogP contribution in [0.1, 0.15) is 16.1 Å². The van der Waals surface area contributed by atoms with Crippen LogP contribution in [-0.4, -0.2) is 23.2 Å². The van der Waals surface area contributed by atoms with Gasteiger partial charge in [0.25, 0.3) is 5.91 Å². The van der Waals surface area contributed by atoms with E-state index in [1.807, 2.05) is 18.2 Å². The minimum atomic E-state index is -0.411. The fraction of sp³-hybridized carbons (Fsp3) is 0.118. The van der Waals surface area contributed by atoms with Crippen LogP contribution in [0.15, 0.2) is 47.1 Å². The average molecular weight is 359 g/mol. The molecule has 0 spiro atoms. The van der Waals surface area contributed by atoms with Gasteiger partial charge in [0.2, 0.25) is 0 Å². The lowest BCUT2D eigenvalue weighted by Gasteiger charge is -2.10. The van der Waals surface area contributed by atoms with Crippen molar-refractivity contribution in [3.8, 4) is 11.1 Å². The van der Waals surface area contributed by atoms with Crippen LogP contribution in [0, 0.1) is 0 Å². The Bertz CT molecular complexity index is 910. The number of carbonyl (C=O) groups is 1. The molecule has 128 valence electrons. The number of rotatable bonds is 5. The van der Waals surface area contributed by atoms with E-state index >= 15 is 0 Å². The van der Waals surface area contributed by atoms with E-state index in [0.717, 1.165) is 5.56 Å². The highest BCUT2D eigenvalue weighted by Gasteiger charge is 2.17. The number of anilines is 2. The zero-order chi connectivity index (χ0) is 17.8. The van der Waals surface area contributed by atoms with Gasteiger partial charge in [-0.1, -0.05) is 35.0 Å². The van der Waals surface area contributed by atoms with Crippen molar-refractivity contribution >= 4 is 29.1 Å². The van der Waals surface area contributed by atoms with Crippen molar-refractivity contribution in [3.05, 3.63) is 58.9 Å². The van der Waals surface area contributed by atoms with Crippen molar-refractivity contribution in [1.82, 2.24) is 10.1 Å². The zero-order valence-electron chi connectivity index (χ0n) is 13.3. The van der Waals surface area contributed by atoms with Crippen LogP contribution < -0.4 is 11.1 Å². The van der Waals surface area contributed by atoms with Gasteiger partial charge in [-0.3, -0.25) is 4.79 Å². The third kappa shape index (κ3) is 3.62. The maximum Gasteiger partial charge on any atom is 0.262 e. The molecule has 1 aromatic carbocycles. The summed E-state index contributed by atoms with van der Waals surface area (Å²) >= 11 is 6.19. The topological polar surface area (TPSA) is 103 Å². The number of methoxy groups -OCH3 is 1. The van der Waals surface area contributed by atoms with Gasteiger partial charge < -0.3 is 20.3 Å². The molecule has 3 rings (SSSR count). The minimum absolute atomic E-state index is 0.143. The molecule has 0 saturated heterocycles. The first-order valence-corrected chi connectivity index (χ1v) is 7.73. The third-order valence-corrected chi connectivity index (χ3v) is 3.83. The van der Waals surface area contributed by atoms with E-state index in [-0.39, 0.29) is 18.0 Å². The van der Waals surface area contributed by atoms with Crippen molar-refractivity contribution in [2.45, 2.75) is 6.61 Å². The number of nitrogens with two attached hydrogens (primary N) is 1. The fourth-order valence-corrected chi connectivity index (χ4v) is 2.56. The summed E-state index contributed by atoms with van der Waals surface area (Å²) in [6.45, 7) is 0.143. The molecular formula is C17H15ClN4O3. The molecular weight excluding hydrogens is 344 g/mol. The number of amides is 1. The molecule has 3 N–H and O–H groups in total. The Kier molecular flexibility index (Phi) is 4.97. The Labute approximate surface area is 148 Å². The van der Waals surface area contributed by atoms with Gasteiger partial charge in [0.15, 0.2) is 5.76 Å². The first-order chi connectivity index (χ1) is 12.1. The molecule has 25 heavy (non-hydrogen) atoms. The highest BCUT2D eigenvalue weighted by molar-refractivity contribution is 6.33. The summed E-state index contributed by atoms with van der Waals surface area (Å²) in [7, 11) is 1.50. The summed E-state index contributed by atoms with van der Waals surface area (Å²) in [6, 6.07) is 10.7. The minimum Gasteiger partial charge on any atom is -0.383 e. The van der Waals surface area contributed by atoms with Crippen LogP contribution in [0.5, 0.6) is 0 Å². The van der Waals surface area contributed by atoms with Gasteiger partial charge in [-0.2, -0.15) is 0 Å². The van der Waals surface area contributed by atoms with Crippen molar-refractivity contribution in [2.24, 2.45) is 0 Å². The third-order valence-electron chi connectivity index (χ3n) is 3.50. The Morgan fingerprint density at radius 1 is 1.28 bits per heavy atom. The Morgan fingerprint density at radius 3 is 2.80 bits per heavy atom. The Balaban J connectivity index is 1.83. The smallest absolute Gasteiger partial charge is 0.262 e. The predicted molar refractivity (Wildman–Crippen MR) is 94.3 cm³/mol. The number of halogens is 1. The molecule has 2 aromatic heterocycles. The Morgan fingerprint density at radius 2 is 2.08 bits per heavy atom. The summed E-state index contributed by atoms with van der Waals surface area (Å²) in [4.78, 5) is 16.5. The molecule has 0 bridgehead atoms. The number of hydrogen-bond acceptors (Lipinski definition) is 6. The summed E-state index contributed by atoms with van der Waals surface area (Å²) in [5.41, 5.74) is 7.76. The average Bonchev–Trinajstić information content (AvgIpc) is 3.05. The maximum atomic E-state index is 12.3. The summed E-state index contributed by atoms with van der Waals surface area (Å²) in [5.74, 6) is 0.488. The molecule has 2 heterocycles. The van der Waals surface area contributed by atoms with E-state index in [1.54, 1.807) is 18.2 Å². The molecule has 1 amide bonds. The van der Waals surface area contributed by atoms with Crippen molar-refractivity contribution in [3.63, 3.8) is 0 Å². The van der Waals surface area contributed by atoms with Gasteiger partial charge >= 0.3 is 0 Å². The highest BCUT2D eigenvalue weighted by atomic mass is 35.5. The Hall–Kier alpha value is -2.90. The quantitative estimate of drug-likeness (QED) is 0.724. The second-order valence-corrected chi connectivity index (χ2v) is 5.57. The standard InChI is InChI=1S/C17H15ClN4O3/c1-24-9-14-12(8-20-25-14)17(23)22-15-7-6-11(16(19)21-15)10-4-2-3-5-13(10)18/h2-8H,9H2,1H3,(H3,19,21,22,23). The number of benzene rings is 1. The van der Waals surface area contributed by atoms with E-state index in [2.05, 4.69) is 15.5 Å². The second kappa shape index (κ2) is 7.33. The monoisotopic (exact) mass is 358 g/mol. The largest absolute Gasteiger partial charge is 0.383 e. The lowest BCUT2D eigenvalue weighted by molar-refractivity contribution is 0.101. The van der Waals surface area contributed by atoms with Gasteiger partial charge in [0.1, 0.15) is 23.8 Å². The van der Waals surface area contributed by atoms with Gasteiger partial charge in [-0.15, -0.1) is 0 Å². The van der Waals surface area contributed by atoms with Crippen molar-refractivity contribution in [1.29, 1.82) is 0 Å². The lowest BCUT2D eigenvalue weighted by atomic mass is 10.1. The van der Waals surface area contributed by atoms with Crippen LogP contribution >= 0.6 is 11.6 Å². The number of carbonyl (C=O) groups excluding carboxylic acids is 1. The first-order valence-electron chi connectivity index (χ1n) is 7.35. The number of pyridine rings is 1. The fourth-order valence-electron chi connectivity index (χ4n) is 2.32. The van der Waals surface area contributed by atoms with Crippen LogP contribution in [0.3, 0.4) is 0 Å². The normalized spacial score (nSPS) is 10.6. The highest BCUT2D eigenvalue weighted by Crippen LogP contribution is 2.31. The van der Waals surface area contributed by atoms with E-state index in [1.165, 1.54) is 13.3 Å². The number of aromatic nitrogens is 2. The van der Waals surface area contributed by atoms with E-state index in [0.29, 0.717) is 22.2 Å². The van der Waals surface area contributed by atoms with Crippen LogP contribution in [0.25, 0.3) is 11.1 Å². The molecule has 3 aromatic rings. The molecule has 0 atom stereocenters. The number of hydrogen-bond donors (Lipinski definition) is 2. The number of nitrogens with one attached hydrogen (secondary N) is 1. The number of nitrogens with zero attached hydrogens (tertiary/aromatic N) is 2. The summed E-state index contributed by atoms with van der Waals surface area (Å²) < 4.78 is 9.94. The summed E-state index contributed by atoms with van der Waals surface area (Å²) in [6.07, 6.45) is 1.32. The van der Waals surface area contributed by atoms with Gasteiger partial charge in [0, 0.05) is 23.3 Å². The molecule has 0 aliphatic carbocycles. The molecule has 0 aliphatic heterocycles. The van der Waals surface area contributed by atoms with Crippen molar-refractivity contribution in [2.75, 3.05) is 18.2 Å². The first kappa shape index (κ1) is 16.9. The lowest BCUT2D eigenvalue weighted by Crippen LogP contribution is -2.14. The van der Waals surface area contributed by atoms with E-state index in [4.69, 9.17) is 26.6 Å². The van der Waals surface area contributed by atoms with Crippen LogP contribution in [0.4, 0.5) is 11.6 Å².